The molecule has 0 radical (unpaired) electrons. The molecule has 0 aromatic rings. The molecule has 3 atom stereocenters. The fourth-order valence-electron chi connectivity index (χ4n) is 6.31. The van der Waals surface area contributed by atoms with Crippen LogP contribution in [0, 0.1) is 0 Å². The number of carbonyl (C=O) groups excluding carboxylic acids is 1. The first-order valence-corrected chi connectivity index (χ1v) is 23.8. The molecule has 9 heteroatoms. The summed E-state index contributed by atoms with van der Waals surface area (Å²) in [4.78, 5) is 25.2. The lowest BCUT2D eigenvalue weighted by atomic mass is 10.0. The molecule has 0 spiro atoms. The van der Waals surface area contributed by atoms with Crippen LogP contribution < -0.4 is 10.2 Å². The second kappa shape index (κ2) is 37.3. The van der Waals surface area contributed by atoms with Crippen molar-refractivity contribution in [3.8, 4) is 0 Å². The zero-order chi connectivity index (χ0) is 40.0. The monoisotopic (exact) mass is 783 g/mol. The Bertz CT molecular complexity index is 980. The Morgan fingerprint density at radius 3 is 1.48 bits per heavy atom. The molecule has 0 heterocycles. The van der Waals surface area contributed by atoms with Gasteiger partial charge in [-0.05, 0) is 38.5 Å². The van der Waals surface area contributed by atoms with E-state index in [-0.39, 0.29) is 12.5 Å². The summed E-state index contributed by atoms with van der Waals surface area (Å²) in [5, 5.41) is 13.7. The minimum absolute atomic E-state index is 0.00826. The Morgan fingerprint density at radius 1 is 0.648 bits per heavy atom. The van der Waals surface area contributed by atoms with Gasteiger partial charge < -0.3 is 28.8 Å². The van der Waals surface area contributed by atoms with Crippen LogP contribution in [0.5, 0.6) is 0 Å². The van der Waals surface area contributed by atoms with E-state index in [1.54, 1.807) is 6.08 Å². The van der Waals surface area contributed by atoms with Crippen molar-refractivity contribution in [1.29, 1.82) is 0 Å². The molecule has 0 fully saturated rings. The number of hydrogen-bond acceptors (Lipinski definition) is 6. The number of aliphatic hydroxyl groups is 1. The molecule has 0 aliphatic rings. The van der Waals surface area contributed by atoms with E-state index in [1.807, 2.05) is 27.2 Å². The number of aliphatic hydroxyl groups excluding tert-OH is 1. The molecule has 0 rings (SSSR count). The fraction of sp³-hybridized carbons (Fsp3) is 0.844. The van der Waals surface area contributed by atoms with Gasteiger partial charge in [0, 0.05) is 6.42 Å². The van der Waals surface area contributed by atoms with Gasteiger partial charge in [-0.1, -0.05) is 185 Å². The maximum atomic E-state index is 12.8. The third-order valence-corrected chi connectivity index (χ3v) is 10.8. The molecule has 0 aromatic heterocycles. The van der Waals surface area contributed by atoms with Crippen LogP contribution in [0.3, 0.4) is 0 Å². The van der Waals surface area contributed by atoms with Crippen LogP contribution in [-0.4, -0.2) is 68.5 Å². The van der Waals surface area contributed by atoms with E-state index in [0.29, 0.717) is 17.4 Å². The third kappa shape index (κ3) is 39.0. The number of phosphoric ester groups is 1. The maximum Gasteiger partial charge on any atom is 0.268 e. The number of nitrogens with zero attached hydrogens (tertiary/aromatic N) is 1. The van der Waals surface area contributed by atoms with E-state index < -0.39 is 26.6 Å². The number of amides is 1. The summed E-state index contributed by atoms with van der Waals surface area (Å²) >= 11 is 0. The van der Waals surface area contributed by atoms with Crippen molar-refractivity contribution in [1.82, 2.24) is 5.32 Å². The highest BCUT2D eigenvalue weighted by Crippen LogP contribution is 2.38. The van der Waals surface area contributed by atoms with Crippen molar-refractivity contribution in [2.24, 2.45) is 0 Å². The lowest BCUT2D eigenvalue weighted by Gasteiger charge is -2.29. The van der Waals surface area contributed by atoms with Gasteiger partial charge in [0.25, 0.3) is 7.82 Å². The van der Waals surface area contributed by atoms with Gasteiger partial charge in [0.2, 0.25) is 5.91 Å². The highest BCUT2D eigenvalue weighted by molar-refractivity contribution is 7.45. The Hall–Kier alpha value is -1.28. The quantitative estimate of drug-likeness (QED) is 0.0277. The first-order chi connectivity index (χ1) is 26.0. The predicted molar refractivity (Wildman–Crippen MR) is 228 cm³/mol. The van der Waals surface area contributed by atoms with E-state index >= 15 is 0 Å². The highest BCUT2D eigenvalue weighted by Gasteiger charge is 2.23. The second-order valence-electron chi connectivity index (χ2n) is 16.4. The number of carbonyl (C=O) groups is 1. The van der Waals surface area contributed by atoms with Crippen molar-refractivity contribution in [2.45, 2.75) is 206 Å². The molecule has 0 aliphatic heterocycles. The standard InChI is InChI=1S/C45H87N2O6P/c1-6-8-10-12-14-16-18-19-20-21-22-23-24-25-26-27-28-29-31-33-35-37-39-45(49)46-43(42-53-54(50,51)52-41-40-47(3,4)5)44(48)38-36-34-32-30-17-15-13-11-9-7-2/h9,11,17,30,36,38,43-44,48H,6-8,10,12-16,18-29,31-35,37,39-42H2,1-5H3,(H-,46,49,50,51)/b11-9+,30-17+,38-36+. The molecule has 318 valence electrons. The minimum atomic E-state index is -4.59. The molecule has 54 heavy (non-hydrogen) atoms. The van der Waals surface area contributed by atoms with Crippen LogP contribution in [0.15, 0.2) is 36.5 Å². The molecule has 2 N–H and O–H groups in total. The number of likely N-dealkylation sites (N-methyl/N-ethyl adjacent to an activating group) is 1. The van der Waals surface area contributed by atoms with E-state index in [2.05, 4.69) is 43.5 Å². The first kappa shape index (κ1) is 52.7. The summed E-state index contributed by atoms with van der Waals surface area (Å²) < 4.78 is 23.1. The summed E-state index contributed by atoms with van der Waals surface area (Å²) in [6, 6.07) is -0.904. The van der Waals surface area contributed by atoms with Gasteiger partial charge in [0.1, 0.15) is 13.2 Å². The lowest BCUT2D eigenvalue weighted by molar-refractivity contribution is -0.870. The smallest absolute Gasteiger partial charge is 0.268 e. The van der Waals surface area contributed by atoms with Gasteiger partial charge in [-0.3, -0.25) is 9.36 Å². The van der Waals surface area contributed by atoms with E-state index in [0.717, 1.165) is 51.4 Å². The topological polar surface area (TPSA) is 108 Å². The number of unbranched alkanes of at least 4 members (excludes halogenated alkanes) is 23. The molecule has 0 saturated carbocycles. The number of nitrogens with one attached hydrogen (secondary N) is 1. The average molecular weight is 783 g/mol. The first-order valence-electron chi connectivity index (χ1n) is 22.4. The zero-order valence-electron chi connectivity index (χ0n) is 35.9. The Balaban J connectivity index is 4.24. The third-order valence-electron chi connectivity index (χ3n) is 9.84. The normalized spacial score (nSPS) is 14.7. The molecule has 0 saturated heterocycles. The van der Waals surface area contributed by atoms with Crippen molar-refractivity contribution in [3.63, 3.8) is 0 Å². The molecule has 3 unspecified atom stereocenters. The molecule has 0 bridgehead atoms. The number of rotatable bonds is 40. The number of allylic oxidation sites excluding steroid dienone is 5. The van der Waals surface area contributed by atoms with Crippen LogP contribution in [0.25, 0.3) is 0 Å². The van der Waals surface area contributed by atoms with Crippen molar-refractivity contribution >= 4 is 13.7 Å². The SMILES string of the molecule is CC/C=C/CC/C=C/CC/C=C/C(O)C(COP(=O)([O-])OCC[N+](C)(C)C)NC(=O)CCCCCCCCCCCCCCCCCCCCCCCC. The van der Waals surface area contributed by atoms with E-state index in [9.17, 15) is 19.4 Å². The van der Waals surface area contributed by atoms with Crippen LogP contribution in [-0.2, 0) is 18.4 Å². The molecule has 8 nitrogen and oxygen atoms in total. The lowest BCUT2D eigenvalue weighted by Crippen LogP contribution is -2.45. The summed E-state index contributed by atoms with van der Waals surface area (Å²) in [7, 11) is 1.23. The second-order valence-corrected chi connectivity index (χ2v) is 17.8. The molecular formula is C45H87N2O6P. The van der Waals surface area contributed by atoms with Gasteiger partial charge in [-0.2, -0.15) is 0 Å². The van der Waals surface area contributed by atoms with Crippen molar-refractivity contribution in [3.05, 3.63) is 36.5 Å². The molecule has 1 amide bonds. The van der Waals surface area contributed by atoms with Crippen LogP contribution in [0.1, 0.15) is 194 Å². The Labute approximate surface area is 334 Å². The summed E-state index contributed by atoms with van der Waals surface area (Å²) in [6.45, 7) is 4.49. The van der Waals surface area contributed by atoms with Gasteiger partial charge in [-0.25, -0.2) is 0 Å². The highest BCUT2D eigenvalue weighted by atomic mass is 31.2. The average Bonchev–Trinajstić information content (AvgIpc) is 3.12. The zero-order valence-corrected chi connectivity index (χ0v) is 36.8. The molecule has 0 aromatic carbocycles. The molecular weight excluding hydrogens is 695 g/mol. The molecule has 0 aliphatic carbocycles. The van der Waals surface area contributed by atoms with Gasteiger partial charge in [0.15, 0.2) is 0 Å². The minimum Gasteiger partial charge on any atom is -0.756 e. The summed E-state index contributed by atoms with van der Waals surface area (Å²) in [5.74, 6) is -0.212. The predicted octanol–water partition coefficient (Wildman–Crippen LogP) is 11.7. The van der Waals surface area contributed by atoms with Crippen molar-refractivity contribution < 1.29 is 32.9 Å². The number of hydrogen-bond donors (Lipinski definition) is 2. The van der Waals surface area contributed by atoms with Crippen LogP contribution in [0.4, 0.5) is 0 Å². The van der Waals surface area contributed by atoms with Crippen LogP contribution >= 0.6 is 7.82 Å². The van der Waals surface area contributed by atoms with Crippen LogP contribution in [0.2, 0.25) is 0 Å². The number of phosphoric acid groups is 1. The van der Waals surface area contributed by atoms with E-state index in [1.165, 1.54) is 122 Å². The summed E-state index contributed by atoms with van der Waals surface area (Å²) in [6.07, 6.45) is 45.0. The Kier molecular flexibility index (Phi) is 36.4. The largest absolute Gasteiger partial charge is 0.756 e. The van der Waals surface area contributed by atoms with Gasteiger partial charge in [-0.15, -0.1) is 0 Å². The van der Waals surface area contributed by atoms with Gasteiger partial charge in [0.05, 0.1) is 39.9 Å². The summed E-state index contributed by atoms with van der Waals surface area (Å²) in [5.41, 5.74) is 0. The Morgan fingerprint density at radius 2 is 1.06 bits per heavy atom. The van der Waals surface area contributed by atoms with Crippen molar-refractivity contribution in [2.75, 3.05) is 40.9 Å². The fourth-order valence-corrected chi connectivity index (χ4v) is 7.03. The number of quaternary nitrogens is 1. The van der Waals surface area contributed by atoms with E-state index in [4.69, 9.17) is 9.05 Å². The van der Waals surface area contributed by atoms with Gasteiger partial charge >= 0.3 is 0 Å². The maximum absolute atomic E-state index is 12.8.